The molecular formula is C16H20O6. The van der Waals surface area contributed by atoms with Gasteiger partial charge in [-0.1, -0.05) is 0 Å². The predicted octanol–water partition coefficient (Wildman–Crippen LogP) is 1.67. The summed E-state index contributed by atoms with van der Waals surface area (Å²) in [7, 11) is 0. The summed E-state index contributed by atoms with van der Waals surface area (Å²) in [6.07, 6.45) is 4.51. The van der Waals surface area contributed by atoms with Gasteiger partial charge in [0.15, 0.2) is 11.6 Å². The van der Waals surface area contributed by atoms with E-state index in [0.717, 1.165) is 24.3 Å². The molecule has 1 unspecified atom stereocenters. The van der Waals surface area contributed by atoms with Gasteiger partial charge >= 0.3 is 11.9 Å². The number of allylic oxidation sites excluding steroid dienone is 2. The Balaban J connectivity index is 2.75. The van der Waals surface area contributed by atoms with Gasteiger partial charge in [0, 0.05) is 25.0 Å². The van der Waals surface area contributed by atoms with Crippen molar-refractivity contribution in [1.29, 1.82) is 0 Å². The smallest absolute Gasteiger partial charge is 0.331 e. The molecule has 0 aromatic carbocycles. The first-order valence-electron chi connectivity index (χ1n) is 7.20. The van der Waals surface area contributed by atoms with Crippen LogP contribution in [0.3, 0.4) is 0 Å². The molecule has 120 valence electrons. The van der Waals surface area contributed by atoms with Gasteiger partial charge in [-0.25, -0.2) is 9.59 Å². The molecule has 0 spiro atoms. The number of ether oxygens (including phenoxy) is 2. The standard InChI is InChI=1S/C16H20O6/c1-11-3-5-13(17)8-10-16(20)22-12(2)4-6-14(18)7-9-15(19)21-11/h7-12H,3-6H2,1-2H3/b9-7+,10-8+/t11-,12?/m1/s1. The lowest BCUT2D eigenvalue weighted by Crippen LogP contribution is -2.16. The Morgan fingerprint density at radius 3 is 1.45 bits per heavy atom. The number of rotatable bonds is 0. The number of ketones is 2. The van der Waals surface area contributed by atoms with Gasteiger partial charge in [-0.3, -0.25) is 9.59 Å². The molecule has 1 rings (SSSR count). The van der Waals surface area contributed by atoms with E-state index in [1.54, 1.807) is 13.8 Å². The van der Waals surface area contributed by atoms with Crippen LogP contribution in [0.15, 0.2) is 24.3 Å². The minimum absolute atomic E-state index is 0.149. The maximum Gasteiger partial charge on any atom is 0.331 e. The molecule has 0 saturated carbocycles. The van der Waals surface area contributed by atoms with Crippen molar-refractivity contribution in [2.24, 2.45) is 0 Å². The van der Waals surface area contributed by atoms with E-state index < -0.39 is 24.1 Å². The third-order valence-electron chi connectivity index (χ3n) is 3.04. The molecule has 1 aliphatic rings. The van der Waals surface area contributed by atoms with E-state index in [9.17, 15) is 19.2 Å². The minimum atomic E-state index is -0.615. The van der Waals surface area contributed by atoms with Crippen molar-refractivity contribution in [3.8, 4) is 0 Å². The highest BCUT2D eigenvalue weighted by molar-refractivity contribution is 5.96. The normalized spacial score (nSPS) is 28.6. The van der Waals surface area contributed by atoms with Crippen LogP contribution in [0.5, 0.6) is 0 Å². The van der Waals surface area contributed by atoms with Crippen LogP contribution < -0.4 is 0 Å². The molecule has 1 heterocycles. The number of esters is 2. The van der Waals surface area contributed by atoms with Crippen molar-refractivity contribution >= 4 is 23.5 Å². The molecule has 22 heavy (non-hydrogen) atoms. The maximum atomic E-state index is 11.6. The quantitative estimate of drug-likeness (QED) is 0.633. The summed E-state index contributed by atoms with van der Waals surface area (Å²) in [6.45, 7) is 3.31. The maximum absolute atomic E-state index is 11.6. The van der Waals surface area contributed by atoms with Crippen LogP contribution in [-0.2, 0) is 28.7 Å². The summed E-state index contributed by atoms with van der Waals surface area (Å²) >= 11 is 0. The fourth-order valence-electron chi connectivity index (χ4n) is 1.77. The summed E-state index contributed by atoms with van der Waals surface area (Å²) in [5.74, 6) is -1.72. The van der Waals surface area contributed by atoms with Crippen LogP contribution in [-0.4, -0.2) is 35.7 Å². The first-order valence-corrected chi connectivity index (χ1v) is 7.20. The second-order valence-corrected chi connectivity index (χ2v) is 5.17. The summed E-state index contributed by atoms with van der Waals surface area (Å²) in [5, 5.41) is 0. The van der Waals surface area contributed by atoms with Crippen LogP contribution in [0.4, 0.5) is 0 Å². The second-order valence-electron chi connectivity index (χ2n) is 5.17. The average molecular weight is 308 g/mol. The fraction of sp³-hybridized carbons (Fsp3) is 0.500. The molecule has 6 nitrogen and oxygen atoms in total. The largest absolute Gasteiger partial charge is 0.459 e. The molecule has 6 heteroatoms. The number of hydrogen-bond acceptors (Lipinski definition) is 6. The summed E-state index contributed by atoms with van der Waals surface area (Å²) in [6, 6.07) is 0. The Hall–Kier alpha value is -2.24. The van der Waals surface area contributed by atoms with Gasteiger partial charge in [-0.2, -0.15) is 0 Å². The van der Waals surface area contributed by atoms with Crippen molar-refractivity contribution < 1.29 is 28.7 Å². The monoisotopic (exact) mass is 308 g/mol. The van der Waals surface area contributed by atoms with Gasteiger partial charge in [-0.05, 0) is 38.8 Å². The zero-order chi connectivity index (χ0) is 16.5. The molecule has 0 radical (unpaired) electrons. The van der Waals surface area contributed by atoms with Crippen molar-refractivity contribution in [3.05, 3.63) is 24.3 Å². The lowest BCUT2D eigenvalue weighted by molar-refractivity contribution is -0.143. The third kappa shape index (κ3) is 7.52. The van der Waals surface area contributed by atoms with Gasteiger partial charge in [0.05, 0.1) is 12.2 Å². The molecule has 0 N–H and O–H groups in total. The average Bonchev–Trinajstić information content (AvgIpc) is 2.46. The Kier molecular flexibility index (Phi) is 7.22. The molecule has 2 atom stereocenters. The first kappa shape index (κ1) is 17.8. The molecule has 0 aromatic heterocycles. The summed E-state index contributed by atoms with van der Waals surface area (Å²) in [5.41, 5.74) is 0. The number of carbonyl (C=O) groups is 4. The first-order chi connectivity index (χ1) is 10.4. The predicted molar refractivity (Wildman–Crippen MR) is 77.9 cm³/mol. The fourth-order valence-corrected chi connectivity index (χ4v) is 1.77. The van der Waals surface area contributed by atoms with E-state index >= 15 is 0 Å². The molecule has 0 aliphatic carbocycles. The zero-order valence-electron chi connectivity index (χ0n) is 12.7. The van der Waals surface area contributed by atoms with Crippen molar-refractivity contribution in [1.82, 2.24) is 0 Å². The van der Waals surface area contributed by atoms with E-state index in [1.807, 2.05) is 0 Å². The van der Waals surface area contributed by atoms with Crippen molar-refractivity contribution in [2.45, 2.75) is 51.7 Å². The molecule has 0 saturated heterocycles. The van der Waals surface area contributed by atoms with Gasteiger partial charge in [0.25, 0.3) is 0 Å². The Morgan fingerprint density at radius 2 is 1.09 bits per heavy atom. The topological polar surface area (TPSA) is 86.7 Å². The summed E-state index contributed by atoms with van der Waals surface area (Å²) in [4.78, 5) is 46.1. The molecule has 0 bridgehead atoms. The van der Waals surface area contributed by atoms with Gasteiger partial charge in [0.2, 0.25) is 0 Å². The van der Waals surface area contributed by atoms with E-state index in [1.165, 1.54) is 0 Å². The number of carbonyl (C=O) groups excluding carboxylic acids is 4. The van der Waals surface area contributed by atoms with Gasteiger partial charge < -0.3 is 9.47 Å². The Bertz CT molecular complexity index is 457. The third-order valence-corrected chi connectivity index (χ3v) is 3.04. The molecule has 0 aromatic rings. The lowest BCUT2D eigenvalue weighted by atomic mass is 10.1. The van der Waals surface area contributed by atoms with E-state index in [-0.39, 0.29) is 24.4 Å². The van der Waals surface area contributed by atoms with Crippen molar-refractivity contribution in [3.63, 3.8) is 0 Å². The highest BCUT2D eigenvalue weighted by atomic mass is 16.5. The van der Waals surface area contributed by atoms with Crippen LogP contribution >= 0.6 is 0 Å². The van der Waals surface area contributed by atoms with Crippen LogP contribution in [0.1, 0.15) is 39.5 Å². The van der Waals surface area contributed by atoms with Crippen LogP contribution in [0.2, 0.25) is 0 Å². The Morgan fingerprint density at radius 1 is 0.727 bits per heavy atom. The molecular weight excluding hydrogens is 288 g/mol. The molecule has 0 fully saturated rings. The lowest BCUT2D eigenvalue weighted by Gasteiger charge is -2.12. The van der Waals surface area contributed by atoms with E-state index in [0.29, 0.717) is 12.8 Å². The van der Waals surface area contributed by atoms with Crippen LogP contribution in [0, 0.1) is 0 Å². The Labute approximate surface area is 129 Å². The van der Waals surface area contributed by atoms with Gasteiger partial charge in [-0.15, -0.1) is 0 Å². The highest BCUT2D eigenvalue weighted by Gasteiger charge is 2.12. The van der Waals surface area contributed by atoms with Gasteiger partial charge in [0.1, 0.15) is 0 Å². The van der Waals surface area contributed by atoms with Crippen molar-refractivity contribution in [2.75, 3.05) is 0 Å². The number of cyclic esters (lactones) is 2. The SMILES string of the molecule is CC1CCC(=O)/C=C/C(=O)O[C@H](C)CCC(=O)/C=C/C(=O)O1. The molecule has 0 amide bonds. The zero-order valence-corrected chi connectivity index (χ0v) is 12.7. The minimum Gasteiger partial charge on any atom is -0.459 e. The van der Waals surface area contributed by atoms with E-state index in [4.69, 9.17) is 9.47 Å². The second kappa shape index (κ2) is 8.92. The summed E-state index contributed by atoms with van der Waals surface area (Å²) < 4.78 is 10.1. The van der Waals surface area contributed by atoms with Crippen LogP contribution in [0.25, 0.3) is 0 Å². The molecule has 1 aliphatic heterocycles. The highest BCUT2D eigenvalue weighted by Crippen LogP contribution is 2.07. The van der Waals surface area contributed by atoms with E-state index in [2.05, 4.69) is 0 Å². The number of hydrogen-bond donors (Lipinski definition) is 0.